The van der Waals surface area contributed by atoms with Gasteiger partial charge in [0.1, 0.15) is 11.6 Å². The van der Waals surface area contributed by atoms with E-state index in [9.17, 15) is 9.18 Å². The Hall–Kier alpha value is -2.15. The molecule has 5 nitrogen and oxygen atoms in total. The first-order valence-corrected chi connectivity index (χ1v) is 9.23. The number of rotatable bonds is 8. The van der Waals surface area contributed by atoms with E-state index in [0.717, 1.165) is 23.8 Å². The molecule has 0 unspecified atom stereocenters. The van der Waals surface area contributed by atoms with Crippen LogP contribution in [-0.2, 0) is 17.9 Å². The van der Waals surface area contributed by atoms with E-state index in [0.29, 0.717) is 18.0 Å². The van der Waals surface area contributed by atoms with E-state index >= 15 is 0 Å². The van der Waals surface area contributed by atoms with Crippen molar-refractivity contribution in [2.75, 3.05) is 12.8 Å². The SMILES string of the molecule is C=CCn1c(SCC(=O)N(C)Cc2ccccc2F)nnc1C1CC1. The zero-order valence-corrected chi connectivity index (χ0v) is 15.0. The van der Waals surface area contributed by atoms with Crippen LogP contribution in [-0.4, -0.2) is 38.4 Å². The molecule has 1 saturated carbocycles. The van der Waals surface area contributed by atoms with Gasteiger partial charge >= 0.3 is 0 Å². The Kier molecular flexibility index (Phi) is 5.53. The molecule has 7 heteroatoms. The number of hydrogen-bond donors (Lipinski definition) is 0. The summed E-state index contributed by atoms with van der Waals surface area (Å²) in [6.45, 7) is 4.67. The second kappa shape index (κ2) is 7.82. The summed E-state index contributed by atoms with van der Waals surface area (Å²) in [5.74, 6) is 1.34. The fourth-order valence-electron chi connectivity index (χ4n) is 2.56. The van der Waals surface area contributed by atoms with Gasteiger partial charge in [0.2, 0.25) is 5.91 Å². The van der Waals surface area contributed by atoms with Crippen LogP contribution in [0.15, 0.2) is 42.1 Å². The van der Waals surface area contributed by atoms with Crippen molar-refractivity contribution in [2.24, 2.45) is 0 Å². The topological polar surface area (TPSA) is 51.0 Å². The van der Waals surface area contributed by atoms with E-state index in [2.05, 4.69) is 16.8 Å². The van der Waals surface area contributed by atoms with Crippen LogP contribution in [0.25, 0.3) is 0 Å². The molecule has 132 valence electrons. The number of hydrogen-bond acceptors (Lipinski definition) is 4. The van der Waals surface area contributed by atoms with Gasteiger partial charge in [0.25, 0.3) is 0 Å². The molecule has 25 heavy (non-hydrogen) atoms. The maximum absolute atomic E-state index is 13.7. The molecule has 1 aromatic carbocycles. The third-order valence-electron chi connectivity index (χ3n) is 4.12. The summed E-state index contributed by atoms with van der Waals surface area (Å²) >= 11 is 1.36. The van der Waals surface area contributed by atoms with Crippen LogP contribution in [0.2, 0.25) is 0 Å². The summed E-state index contributed by atoms with van der Waals surface area (Å²) in [7, 11) is 1.68. The molecule has 0 bridgehead atoms. The van der Waals surface area contributed by atoms with Crippen molar-refractivity contribution in [2.45, 2.75) is 37.0 Å². The molecule has 0 radical (unpaired) electrons. The Labute approximate surface area is 150 Å². The molecule has 0 atom stereocenters. The van der Waals surface area contributed by atoms with Crippen LogP contribution in [0.5, 0.6) is 0 Å². The highest BCUT2D eigenvalue weighted by Gasteiger charge is 2.30. The van der Waals surface area contributed by atoms with E-state index in [-0.39, 0.29) is 24.0 Å². The van der Waals surface area contributed by atoms with Crippen molar-refractivity contribution in [1.82, 2.24) is 19.7 Å². The molecule has 1 fully saturated rings. The highest BCUT2D eigenvalue weighted by molar-refractivity contribution is 7.99. The third kappa shape index (κ3) is 4.28. The van der Waals surface area contributed by atoms with Gasteiger partial charge in [-0.05, 0) is 18.9 Å². The number of nitrogens with zero attached hydrogens (tertiary/aromatic N) is 4. The molecule has 1 aliphatic carbocycles. The first-order chi connectivity index (χ1) is 12.1. The molecule has 3 rings (SSSR count). The zero-order chi connectivity index (χ0) is 17.8. The minimum Gasteiger partial charge on any atom is -0.341 e. The molecule has 2 aromatic rings. The summed E-state index contributed by atoms with van der Waals surface area (Å²) in [4.78, 5) is 13.9. The van der Waals surface area contributed by atoms with Gasteiger partial charge in [-0.2, -0.15) is 0 Å². The van der Waals surface area contributed by atoms with Crippen LogP contribution in [0, 0.1) is 5.82 Å². The average molecular weight is 360 g/mol. The summed E-state index contributed by atoms with van der Waals surface area (Å²) < 4.78 is 15.7. The lowest BCUT2D eigenvalue weighted by molar-refractivity contribution is -0.127. The number of allylic oxidation sites excluding steroid dienone is 1. The van der Waals surface area contributed by atoms with E-state index in [4.69, 9.17) is 0 Å². The largest absolute Gasteiger partial charge is 0.341 e. The maximum Gasteiger partial charge on any atom is 0.233 e. The van der Waals surface area contributed by atoms with Gasteiger partial charge < -0.3 is 9.47 Å². The Morgan fingerprint density at radius 3 is 2.88 bits per heavy atom. The second-order valence-electron chi connectivity index (χ2n) is 6.14. The number of thioether (sulfide) groups is 1. The molecular formula is C18H21FN4OS. The van der Waals surface area contributed by atoms with Crippen molar-refractivity contribution in [1.29, 1.82) is 0 Å². The Morgan fingerprint density at radius 1 is 1.44 bits per heavy atom. The summed E-state index contributed by atoms with van der Waals surface area (Å²) in [6.07, 6.45) is 4.10. The van der Waals surface area contributed by atoms with Crippen molar-refractivity contribution < 1.29 is 9.18 Å². The summed E-state index contributed by atoms with van der Waals surface area (Å²) in [5, 5.41) is 9.22. The standard InChI is InChI=1S/C18H21FN4OS/c1-3-10-23-17(13-8-9-13)20-21-18(23)25-12-16(24)22(2)11-14-6-4-5-7-15(14)19/h3-7,13H,1,8-12H2,2H3. The van der Waals surface area contributed by atoms with Gasteiger partial charge in [-0.25, -0.2) is 4.39 Å². The second-order valence-corrected chi connectivity index (χ2v) is 7.09. The number of benzene rings is 1. The Bertz CT molecular complexity index is 772. The fraction of sp³-hybridized carbons (Fsp3) is 0.389. The van der Waals surface area contributed by atoms with Crippen LogP contribution < -0.4 is 0 Å². The molecule has 1 amide bonds. The lowest BCUT2D eigenvalue weighted by Gasteiger charge is -2.17. The molecule has 1 heterocycles. The zero-order valence-electron chi connectivity index (χ0n) is 14.2. The quantitative estimate of drug-likeness (QED) is 0.536. The van der Waals surface area contributed by atoms with Crippen molar-refractivity contribution in [3.05, 3.63) is 54.1 Å². The van der Waals surface area contributed by atoms with Gasteiger partial charge in [0.15, 0.2) is 5.16 Å². The normalized spacial score (nSPS) is 13.7. The highest BCUT2D eigenvalue weighted by atomic mass is 32.2. The molecular weight excluding hydrogens is 339 g/mol. The van der Waals surface area contributed by atoms with Crippen molar-refractivity contribution in [3.63, 3.8) is 0 Å². The Balaban J connectivity index is 1.60. The van der Waals surface area contributed by atoms with Crippen LogP contribution >= 0.6 is 11.8 Å². The van der Waals surface area contributed by atoms with Crippen LogP contribution in [0.1, 0.15) is 30.1 Å². The lowest BCUT2D eigenvalue weighted by Crippen LogP contribution is -2.28. The van der Waals surface area contributed by atoms with Gasteiger partial charge in [0, 0.05) is 31.6 Å². The first-order valence-electron chi connectivity index (χ1n) is 8.24. The minimum atomic E-state index is -0.297. The average Bonchev–Trinajstić information content (AvgIpc) is 3.37. The van der Waals surface area contributed by atoms with Gasteiger partial charge in [-0.1, -0.05) is 36.0 Å². The van der Waals surface area contributed by atoms with Gasteiger partial charge in [-0.15, -0.1) is 16.8 Å². The number of carbonyl (C=O) groups excluding carboxylic acids is 1. The summed E-state index contributed by atoms with van der Waals surface area (Å²) in [6, 6.07) is 6.50. The van der Waals surface area contributed by atoms with Gasteiger partial charge in [-0.3, -0.25) is 4.79 Å². The molecule has 1 aliphatic rings. The predicted molar refractivity (Wildman–Crippen MR) is 95.8 cm³/mol. The smallest absolute Gasteiger partial charge is 0.233 e. The monoisotopic (exact) mass is 360 g/mol. The predicted octanol–water partition coefficient (Wildman–Crippen LogP) is 3.23. The highest BCUT2D eigenvalue weighted by Crippen LogP contribution is 2.40. The number of aromatic nitrogens is 3. The minimum absolute atomic E-state index is 0.0746. The first kappa shape index (κ1) is 17.7. The third-order valence-corrected chi connectivity index (χ3v) is 5.07. The van der Waals surface area contributed by atoms with E-state index in [1.54, 1.807) is 25.2 Å². The van der Waals surface area contributed by atoms with Gasteiger partial charge in [0.05, 0.1) is 5.75 Å². The van der Waals surface area contributed by atoms with Crippen LogP contribution in [0.4, 0.5) is 4.39 Å². The van der Waals surface area contributed by atoms with E-state index in [1.807, 2.05) is 10.6 Å². The van der Waals surface area contributed by atoms with Crippen LogP contribution in [0.3, 0.4) is 0 Å². The fourth-order valence-corrected chi connectivity index (χ4v) is 3.45. The number of amides is 1. The van der Waals surface area contributed by atoms with E-state index < -0.39 is 0 Å². The van der Waals surface area contributed by atoms with Crippen molar-refractivity contribution >= 4 is 17.7 Å². The summed E-state index contributed by atoms with van der Waals surface area (Å²) in [5.41, 5.74) is 0.509. The maximum atomic E-state index is 13.7. The Morgan fingerprint density at radius 2 is 2.20 bits per heavy atom. The molecule has 0 aliphatic heterocycles. The molecule has 1 aromatic heterocycles. The molecule has 0 N–H and O–H groups in total. The lowest BCUT2D eigenvalue weighted by atomic mass is 10.2. The van der Waals surface area contributed by atoms with Crippen molar-refractivity contribution in [3.8, 4) is 0 Å². The molecule has 0 spiro atoms. The van der Waals surface area contributed by atoms with E-state index in [1.165, 1.54) is 22.7 Å². The number of carbonyl (C=O) groups is 1. The number of halogens is 1. The molecule has 0 saturated heterocycles.